The lowest BCUT2D eigenvalue weighted by Gasteiger charge is -2.11. The molecule has 2 N–H and O–H groups in total. The van der Waals surface area contributed by atoms with E-state index in [1.54, 1.807) is 7.11 Å². The van der Waals surface area contributed by atoms with E-state index in [2.05, 4.69) is 0 Å². The van der Waals surface area contributed by atoms with Crippen molar-refractivity contribution in [3.63, 3.8) is 0 Å². The average molecular weight is 273 g/mol. The molecular weight excluding hydrogens is 257 g/mol. The zero-order valence-electron chi connectivity index (χ0n) is 11.2. The van der Waals surface area contributed by atoms with Crippen LogP contribution in [0.5, 0.6) is 11.5 Å². The van der Waals surface area contributed by atoms with Crippen LogP contribution in [0.1, 0.15) is 5.56 Å². The maximum Gasteiger partial charge on any atom is 0.131 e. The van der Waals surface area contributed by atoms with Gasteiger partial charge in [-0.05, 0) is 29.8 Å². The summed E-state index contributed by atoms with van der Waals surface area (Å²) in [7, 11) is 1.61. The lowest BCUT2D eigenvalue weighted by atomic mass is 10.00. The topological polar surface area (TPSA) is 44.5 Å². The van der Waals surface area contributed by atoms with Crippen molar-refractivity contribution in [1.82, 2.24) is 0 Å². The van der Waals surface area contributed by atoms with E-state index in [0.717, 1.165) is 28.2 Å². The van der Waals surface area contributed by atoms with Crippen molar-refractivity contribution in [2.45, 2.75) is 12.5 Å². The molecule has 1 aliphatic rings. The summed E-state index contributed by atoms with van der Waals surface area (Å²) >= 11 is 0. The third-order valence-electron chi connectivity index (χ3n) is 3.53. The molecule has 0 radical (unpaired) electrons. The van der Waals surface area contributed by atoms with Crippen LogP contribution in [0.4, 0.5) is 4.39 Å². The first kappa shape index (κ1) is 12.9. The monoisotopic (exact) mass is 273 g/mol. The molecule has 2 aromatic rings. The number of methoxy groups -OCH3 is 1. The Balaban J connectivity index is 2.05. The molecule has 0 saturated heterocycles. The summed E-state index contributed by atoms with van der Waals surface area (Å²) < 4.78 is 24.7. The van der Waals surface area contributed by atoms with E-state index in [-0.39, 0.29) is 11.9 Å². The molecule has 0 saturated carbocycles. The molecule has 0 unspecified atom stereocenters. The Hall–Kier alpha value is -2.07. The number of rotatable bonds is 3. The van der Waals surface area contributed by atoms with Gasteiger partial charge in [-0.1, -0.05) is 12.1 Å². The van der Waals surface area contributed by atoms with Gasteiger partial charge in [0.1, 0.15) is 23.4 Å². The zero-order valence-corrected chi connectivity index (χ0v) is 11.2. The van der Waals surface area contributed by atoms with Crippen molar-refractivity contribution < 1.29 is 13.9 Å². The first-order chi connectivity index (χ1) is 9.71. The summed E-state index contributed by atoms with van der Waals surface area (Å²) in [5.74, 6) is 1.26. The second-order valence-corrected chi connectivity index (χ2v) is 4.85. The number of benzene rings is 2. The molecule has 0 aliphatic carbocycles. The molecule has 3 nitrogen and oxygen atoms in total. The van der Waals surface area contributed by atoms with Crippen LogP contribution >= 0.6 is 0 Å². The van der Waals surface area contributed by atoms with E-state index < -0.39 is 0 Å². The van der Waals surface area contributed by atoms with Crippen molar-refractivity contribution in [1.29, 1.82) is 0 Å². The predicted molar refractivity (Wildman–Crippen MR) is 75.6 cm³/mol. The highest BCUT2D eigenvalue weighted by atomic mass is 19.1. The first-order valence-electron chi connectivity index (χ1n) is 6.55. The largest absolute Gasteiger partial charge is 0.497 e. The number of hydrogen-bond acceptors (Lipinski definition) is 3. The normalized spacial score (nSPS) is 16.6. The van der Waals surface area contributed by atoms with E-state index in [9.17, 15) is 4.39 Å². The Kier molecular flexibility index (Phi) is 3.32. The minimum Gasteiger partial charge on any atom is -0.497 e. The summed E-state index contributed by atoms with van der Waals surface area (Å²) in [6, 6.07) is 10.5. The van der Waals surface area contributed by atoms with Crippen LogP contribution in [-0.4, -0.2) is 19.8 Å². The molecule has 0 bridgehead atoms. The molecule has 0 amide bonds. The van der Waals surface area contributed by atoms with E-state index >= 15 is 0 Å². The molecule has 0 fully saturated rings. The average Bonchev–Trinajstić information content (AvgIpc) is 2.89. The quantitative estimate of drug-likeness (QED) is 0.935. The third-order valence-corrected chi connectivity index (χ3v) is 3.53. The second-order valence-electron chi connectivity index (χ2n) is 4.85. The van der Waals surface area contributed by atoms with Gasteiger partial charge in [-0.15, -0.1) is 0 Å². The Morgan fingerprint density at radius 3 is 2.70 bits per heavy atom. The van der Waals surface area contributed by atoms with Crippen molar-refractivity contribution in [2.24, 2.45) is 5.73 Å². The molecule has 1 atom stereocenters. The summed E-state index contributed by atoms with van der Waals surface area (Å²) in [5, 5.41) is 0. The molecule has 0 spiro atoms. The maximum atomic E-state index is 13.8. The summed E-state index contributed by atoms with van der Waals surface area (Å²) in [4.78, 5) is 0. The molecule has 1 heterocycles. The molecule has 20 heavy (non-hydrogen) atoms. The molecule has 0 aromatic heterocycles. The van der Waals surface area contributed by atoms with E-state index in [0.29, 0.717) is 13.0 Å². The van der Waals surface area contributed by atoms with Gasteiger partial charge < -0.3 is 15.2 Å². The van der Waals surface area contributed by atoms with Gasteiger partial charge in [0, 0.05) is 24.1 Å². The zero-order chi connectivity index (χ0) is 14.1. The van der Waals surface area contributed by atoms with Crippen molar-refractivity contribution in [2.75, 3.05) is 13.7 Å². The standard InChI is InChI=1S/C16H16FNO2/c1-19-13-4-2-10(3-5-13)15-8-12(17)6-11-7-14(9-18)20-16(11)15/h2-6,8,14H,7,9,18H2,1H3/t14-/m0/s1. The van der Waals surface area contributed by atoms with Crippen LogP contribution in [0.3, 0.4) is 0 Å². The highest BCUT2D eigenvalue weighted by Crippen LogP contribution is 2.39. The van der Waals surface area contributed by atoms with Gasteiger partial charge >= 0.3 is 0 Å². The lowest BCUT2D eigenvalue weighted by molar-refractivity contribution is 0.242. The van der Waals surface area contributed by atoms with Gasteiger partial charge in [0.2, 0.25) is 0 Å². The van der Waals surface area contributed by atoms with Crippen molar-refractivity contribution in [3.8, 4) is 22.6 Å². The van der Waals surface area contributed by atoms with Crippen LogP contribution in [0.15, 0.2) is 36.4 Å². The predicted octanol–water partition coefficient (Wildman–Crippen LogP) is 2.76. The van der Waals surface area contributed by atoms with Gasteiger partial charge in [-0.2, -0.15) is 0 Å². The number of ether oxygens (including phenoxy) is 2. The van der Waals surface area contributed by atoms with E-state index in [1.807, 2.05) is 24.3 Å². The highest BCUT2D eigenvalue weighted by Gasteiger charge is 2.25. The molecule has 2 aromatic carbocycles. The molecule has 1 aliphatic heterocycles. The van der Waals surface area contributed by atoms with Gasteiger partial charge in [0.05, 0.1) is 7.11 Å². The van der Waals surface area contributed by atoms with Gasteiger partial charge in [-0.3, -0.25) is 0 Å². The van der Waals surface area contributed by atoms with E-state index in [1.165, 1.54) is 12.1 Å². The van der Waals surface area contributed by atoms with Crippen LogP contribution in [0.2, 0.25) is 0 Å². The number of fused-ring (bicyclic) bond motifs is 1. The summed E-state index contributed by atoms with van der Waals surface area (Å²) in [6.45, 7) is 0.429. The summed E-state index contributed by atoms with van der Waals surface area (Å²) in [6.07, 6.45) is 0.594. The van der Waals surface area contributed by atoms with Gasteiger partial charge in [0.25, 0.3) is 0 Å². The van der Waals surface area contributed by atoms with Crippen LogP contribution < -0.4 is 15.2 Å². The van der Waals surface area contributed by atoms with Crippen LogP contribution in [0.25, 0.3) is 11.1 Å². The minimum absolute atomic E-state index is 0.0659. The Morgan fingerprint density at radius 1 is 1.30 bits per heavy atom. The van der Waals surface area contributed by atoms with Crippen molar-refractivity contribution >= 4 is 0 Å². The minimum atomic E-state index is -0.254. The highest BCUT2D eigenvalue weighted by molar-refractivity contribution is 5.73. The van der Waals surface area contributed by atoms with E-state index in [4.69, 9.17) is 15.2 Å². The number of hydrogen-bond donors (Lipinski definition) is 1. The fourth-order valence-corrected chi connectivity index (χ4v) is 2.51. The Bertz CT molecular complexity index is 625. The van der Waals surface area contributed by atoms with Crippen LogP contribution in [0, 0.1) is 5.82 Å². The maximum absolute atomic E-state index is 13.8. The fraction of sp³-hybridized carbons (Fsp3) is 0.250. The smallest absolute Gasteiger partial charge is 0.131 e. The van der Waals surface area contributed by atoms with Gasteiger partial charge in [0.15, 0.2) is 0 Å². The lowest BCUT2D eigenvalue weighted by Crippen LogP contribution is -2.24. The number of nitrogens with two attached hydrogens (primary N) is 1. The Labute approximate surface area is 117 Å². The molecular formula is C16H16FNO2. The summed E-state index contributed by atoms with van der Waals surface area (Å²) in [5.41, 5.74) is 8.19. The van der Waals surface area contributed by atoms with Crippen molar-refractivity contribution in [3.05, 3.63) is 47.8 Å². The molecule has 3 rings (SSSR count). The number of halogens is 1. The van der Waals surface area contributed by atoms with Gasteiger partial charge in [-0.25, -0.2) is 4.39 Å². The fourth-order valence-electron chi connectivity index (χ4n) is 2.51. The second kappa shape index (κ2) is 5.13. The first-order valence-corrected chi connectivity index (χ1v) is 6.55. The molecule has 4 heteroatoms. The molecule has 104 valence electrons. The third kappa shape index (κ3) is 2.23. The SMILES string of the molecule is COc1ccc(-c2cc(F)cc3c2O[C@H](CN)C3)cc1. The Morgan fingerprint density at radius 2 is 2.05 bits per heavy atom. The van der Waals surface area contributed by atoms with Crippen LogP contribution in [-0.2, 0) is 6.42 Å².